The Hall–Kier alpha value is -3.16. The van der Waals surface area contributed by atoms with E-state index in [0.717, 1.165) is 5.82 Å². The molecule has 0 spiro atoms. The molecule has 0 atom stereocenters. The molecular formula is C17H19N5O3. The second-order valence-electron chi connectivity index (χ2n) is 5.71. The Bertz CT molecular complexity index is 773. The van der Waals surface area contributed by atoms with Crippen LogP contribution in [0.1, 0.15) is 10.4 Å². The molecule has 0 bridgehead atoms. The number of rotatable bonds is 4. The van der Waals surface area contributed by atoms with Crippen molar-refractivity contribution < 1.29 is 9.72 Å². The average Bonchev–Trinajstić information content (AvgIpc) is 2.67. The second kappa shape index (κ2) is 7.16. The number of piperazine rings is 1. The minimum atomic E-state index is -0.484. The third-order valence-corrected chi connectivity index (χ3v) is 4.25. The Kier molecular flexibility index (Phi) is 4.78. The van der Waals surface area contributed by atoms with Crippen molar-refractivity contribution in [2.45, 2.75) is 0 Å². The van der Waals surface area contributed by atoms with Crippen molar-refractivity contribution in [3.05, 3.63) is 58.3 Å². The molecule has 0 unspecified atom stereocenters. The second-order valence-corrected chi connectivity index (χ2v) is 5.71. The van der Waals surface area contributed by atoms with Gasteiger partial charge in [0.15, 0.2) is 0 Å². The first-order chi connectivity index (χ1) is 12.1. The molecule has 2 heterocycles. The molecule has 3 rings (SSSR count). The van der Waals surface area contributed by atoms with Crippen LogP contribution in [-0.4, -0.2) is 53.9 Å². The van der Waals surface area contributed by atoms with Crippen molar-refractivity contribution in [2.24, 2.45) is 0 Å². The van der Waals surface area contributed by atoms with Crippen LogP contribution in [-0.2, 0) is 0 Å². The minimum Gasteiger partial charge on any atom is -0.383 e. The third kappa shape index (κ3) is 3.52. The summed E-state index contributed by atoms with van der Waals surface area (Å²) in [7, 11) is 1.61. The summed E-state index contributed by atoms with van der Waals surface area (Å²) in [6, 6.07) is 10.3. The van der Waals surface area contributed by atoms with Gasteiger partial charge in [-0.25, -0.2) is 4.98 Å². The quantitative estimate of drug-likeness (QED) is 0.675. The predicted octanol–water partition coefficient (Wildman–Crippen LogP) is 1.99. The van der Waals surface area contributed by atoms with Gasteiger partial charge in [-0.3, -0.25) is 14.9 Å². The Morgan fingerprint density at radius 3 is 2.56 bits per heavy atom. The van der Waals surface area contributed by atoms with E-state index in [1.54, 1.807) is 30.3 Å². The van der Waals surface area contributed by atoms with E-state index >= 15 is 0 Å². The molecule has 1 aliphatic heterocycles. The summed E-state index contributed by atoms with van der Waals surface area (Å²) in [4.78, 5) is 31.5. The molecule has 1 fully saturated rings. The summed E-state index contributed by atoms with van der Waals surface area (Å²) in [5.41, 5.74) is 0.624. The maximum absolute atomic E-state index is 12.7. The van der Waals surface area contributed by atoms with Gasteiger partial charge in [-0.1, -0.05) is 6.07 Å². The fourth-order valence-corrected chi connectivity index (χ4v) is 2.89. The Morgan fingerprint density at radius 1 is 1.20 bits per heavy atom. The number of hydrogen-bond donors (Lipinski definition) is 1. The molecule has 130 valence electrons. The van der Waals surface area contributed by atoms with E-state index < -0.39 is 4.92 Å². The number of hydrogen-bond acceptors (Lipinski definition) is 6. The highest BCUT2D eigenvalue weighted by atomic mass is 16.6. The van der Waals surface area contributed by atoms with Crippen molar-refractivity contribution >= 4 is 23.1 Å². The first-order valence-corrected chi connectivity index (χ1v) is 8.01. The molecule has 1 aromatic carbocycles. The fourth-order valence-electron chi connectivity index (χ4n) is 2.89. The standard InChI is InChI=1S/C17H19N5O3/c1-18-14-6-5-13(12-15(14)22(24)25)17(23)21-10-8-20(9-11-21)16-4-2-3-7-19-16/h2-7,12,18H,8-11H2,1H3. The number of carbonyl (C=O) groups is 1. The molecule has 25 heavy (non-hydrogen) atoms. The summed E-state index contributed by atoms with van der Waals surface area (Å²) in [6.45, 7) is 2.47. The van der Waals surface area contributed by atoms with Gasteiger partial charge in [0.25, 0.3) is 11.6 Å². The summed E-state index contributed by atoms with van der Waals surface area (Å²) in [6.07, 6.45) is 1.75. The SMILES string of the molecule is CNc1ccc(C(=O)N2CCN(c3ccccn3)CC2)cc1[N+](=O)[O-]. The van der Waals surface area contributed by atoms with Crippen LogP contribution in [0.4, 0.5) is 17.2 Å². The molecule has 8 heteroatoms. The number of pyridine rings is 1. The average molecular weight is 341 g/mol. The topological polar surface area (TPSA) is 91.6 Å². The number of anilines is 2. The van der Waals surface area contributed by atoms with Crippen LogP contribution in [0.25, 0.3) is 0 Å². The van der Waals surface area contributed by atoms with Crippen LogP contribution in [0.3, 0.4) is 0 Å². The summed E-state index contributed by atoms with van der Waals surface area (Å²) in [5.74, 6) is 0.704. The van der Waals surface area contributed by atoms with Gasteiger partial charge in [-0.05, 0) is 24.3 Å². The summed E-state index contributed by atoms with van der Waals surface area (Å²) in [5, 5.41) is 13.9. The van der Waals surface area contributed by atoms with Crippen LogP contribution in [0.5, 0.6) is 0 Å². The van der Waals surface area contributed by atoms with Gasteiger partial charge in [-0.2, -0.15) is 0 Å². The third-order valence-electron chi connectivity index (χ3n) is 4.25. The number of benzene rings is 1. The van der Waals surface area contributed by atoms with Crippen molar-refractivity contribution in [2.75, 3.05) is 43.4 Å². The highest BCUT2D eigenvalue weighted by Gasteiger charge is 2.24. The zero-order chi connectivity index (χ0) is 17.8. The predicted molar refractivity (Wildman–Crippen MR) is 95.0 cm³/mol. The largest absolute Gasteiger partial charge is 0.383 e. The lowest BCUT2D eigenvalue weighted by Crippen LogP contribution is -2.49. The molecular weight excluding hydrogens is 322 g/mol. The highest BCUT2D eigenvalue weighted by molar-refractivity contribution is 5.96. The van der Waals surface area contributed by atoms with Gasteiger partial charge in [0.05, 0.1) is 4.92 Å². The number of carbonyl (C=O) groups excluding carboxylic acids is 1. The van der Waals surface area contributed by atoms with Crippen molar-refractivity contribution in [1.82, 2.24) is 9.88 Å². The number of aromatic nitrogens is 1. The number of nitrogens with zero attached hydrogens (tertiary/aromatic N) is 4. The maximum Gasteiger partial charge on any atom is 0.293 e. The zero-order valence-corrected chi connectivity index (χ0v) is 13.9. The normalized spacial score (nSPS) is 14.3. The van der Waals surface area contributed by atoms with Gasteiger partial charge in [-0.15, -0.1) is 0 Å². The van der Waals surface area contributed by atoms with Gasteiger partial charge >= 0.3 is 0 Å². The van der Waals surface area contributed by atoms with Gasteiger partial charge in [0, 0.05) is 51.1 Å². The molecule has 0 aliphatic carbocycles. The molecule has 2 aromatic rings. The van der Waals surface area contributed by atoms with E-state index in [9.17, 15) is 14.9 Å². The van der Waals surface area contributed by atoms with E-state index in [0.29, 0.717) is 37.4 Å². The molecule has 8 nitrogen and oxygen atoms in total. The maximum atomic E-state index is 12.7. The first-order valence-electron chi connectivity index (χ1n) is 8.01. The molecule has 1 amide bonds. The lowest BCUT2D eigenvalue weighted by molar-refractivity contribution is -0.384. The van der Waals surface area contributed by atoms with Crippen LogP contribution < -0.4 is 10.2 Å². The monoisotopic (exact) mass is 341 g/mol. The van der Waals surface area contributed by atoms with Crippen molar-refractivity contribution in [3.63, 3.8) is 0 Å². The lowest BCUT2D eigenvalue weighted by Gasteiger charge is -2.35. The van der Waals surface area contributed by atoms with Crippen LogP contribution in [0.2, 0.25) is 0 Å². The molecule has 0 saturated carbocycles. The number of nitro groups is 1. The lowest BCUT2D eigenvalue weighted by atomic mass is 10.1. The van der Waals surface area contributed by atoms with E-state index in [2.05, 4.69) is 15.2 Å². The molecule has 1 N–H and O–H groups in total. The van der Waals surface area contributed by atoms with Crippen molar-refractivity contribution in [3.8, 4) is 0 Å². The number of nitrogens with one attached hydrogen (secondary N) is 1. The van der Waals surface area contributed by atoms with E-state index in [-0.39, 0.29) is 11.6 Å². The highest BCUT2D eigenvalue weighted by Crippen LogP contribution is 2.26. The Morgan fingerprint density at radius 2 is 1.96 bits per heavy atom. The van der Waals surface area contributed by atoms with E-state index in [1.807, 2.05) is 18.2 Å². The first kappa shape index (κ1) is 16.7. The molecule has 1 saturated heterocycles. The van der Waals surface area contributed by atoms with E-state index in [4.69, 9.17) is 0 Å². The number of nitro benzene ring substituents is 1. The molecule has 0 radical (unpaired) electrons. The van der Waals surface area contributed by atoms with Crippen LogP contribution in [0.15, 0.2) is 42.6 Å². The van der Waals surface area contributed by atoms with Gasteiger partial charge in [0.1, 0.15) is 11.5 Å². The summed E-state index contributed by atoms with van der Waals surface area (Å²) >= 11 is 0. The zero-order valence-electron chi connectivity index (χ0n) is 13.9. The van der Waals surface area contributed by atoms with Crippen molar-refractivity contribution in [1.29, 1.82) is 0 Å². The summed E-state index contributed by atoms with van der Waals surface area (Å²) < 4.78 is 0. The molecule has 1 aliphatic rings. The smallest absolute Gasteiger partial charge is 0.293 e. The van der Waals surface area contributed by atoms with E-state index in [1.165, 1.54) is 6.07 Å². The Balaban J connectivity index is 1.70. The molecule has 1 aromatic heterocycles. The minimum absolute atomic E-state index is 0.0968. The van der Waals surface area contributed by atoms with Crippen LogP contribution in [0, 0.1) is 10.1 Å². The van der Waals surface area contributed by atoms with Gasteiger partial charge < -0.3 is 15.1 Å². The van der Waals surface area contributed by atoms with Crippen LogP contribution >= 0.6 is 0 Å². The fraction of sp³-hybridized carbons (Fsp3) is 0.294. The Labute approximate surface area is 145 Å². The van der Waals surface area contributed by atoms with Gasteiger partial charge in [0.2, 0.25) is 0 Å². The number of amides is 1.